The molecule has 0 spiro atoms. The number of ether oxygens (including phenoxy) is 1. The van der Waals surface area contributed by atoms with Gasteiger partial charge < -0.3 is 4.74 Å². The minimum Gasteiger partial charge on any atom is -0.378 e. The average molecular weight is 168 g/mol. The lowest BCUT2D eigenvalue weighted by Crippen LogP contribution is -2.37. The van der Waals surface area contributed by atoms with E-state index in [4.69, 9.17) is 4.74 Å². The summed E-state index contributed by atoms with van der Waals surface area (Å²) in [7, 11) is 0. The Hall–Kier alpha value is -0.0400. The molecule has 2 aliphatic rings. The first-order chi connectivity index (χ1) is 5.66. The Balaban J connectivity index is 2.12. The molecule has 3 atom stereocenters. The third-order valence-electron chi connectivity index (χ3n) is 4.03. The number of fused-ring (bicyclic) bond motifs is 2. The monoisotopic (exact) mass is 168 g/mol. The van der Waals surface area contributed by atoms with Gasteiger partial charge in [0.05, 0.1) is 6.10 Å². The van der Waals surface area contributed by atoms with Crippen LogP contribution in [0.25, 0.3) is 0 Å². The number of hydrogen-bond acceptors (Lipinski definition) is 1. The summed E-state index contributed by atoms with van der Waals surface area (Å²) in [4.78, 5) is 0. The van der Waals surface area contributed by atoms with Crippen molar-refractivity contribution in [3.05, 3.63) is 0 Å². The molecule has 2 rings (SSSR count). The van der Waals surface area contributed by atoms with E-state index in [0.29, 0.717) is 11.5 Å². The van der Waals surface area contributed by atoms with Crippen molar-refractivity contribution in [1.82, 2.24) is 0 Å². The van der Waals surface area contributed by atoms with E-state index in [-0.39, 0.29) is 0 Å². The SMILES string of the molecule is CCOC1C2CCC(C2)C1(C)C. The second kappa shape index (κ2) is 2.73. The van der Waals surface area contributed by atoms with Gasteiger partial charge in [-0.25, -0.2) is 0 Å². The van der Waals surface area contributed by atoms with Crippen LogP contribution in [-0.2, 0) is 4.74 Å². The number of rotatable bonds is 2. The fourth-order valence-electron chi connectivity index (χ4n) is 3.34. The molecule has 0 saturated heterocycles. The molecule has 3 unspecified atom stereocenters. The lowest BCUT2D eigenvalue weighted by molar-refractivity contribution is -0.0525. The first-order valence-corrected chi connectivity index (χ1v) is 5.28. The van der Waals surface area contributed by atoms with Crippen LogP contribution < -0.4 is 0 Å². The smallest absolute Gasteiger partial charge is 0.0656 e. The predicted octanol–water partition coefficient (Wildman–Crippen LogP) is 2.85. The lowest BCUT2D eigenvalue weighted by Gasteiger charge is -2.37. The molecule has 0 aliphatic heterocycles. The maximum atomic E-state index is 5.85. The fraction of sp³-hybridized carbons (Fsp3) is 1.00. The molecule has 0 N–H and O–H groups in total. The third kappa shape index (κ3) is 1.02. The van der Waals surface area contributed by atoms with Gasteiger partial charge in [0.15, 0.2) is 0 Å². The zero-order valence-corrected chi connectivity index (χ0v) is 8.47. The van der Waals surface area contributed by atoms with Crippen molar-refractivity contribution in [3.63, 3.8) is 0 Å². The van der Waals surface area contributed by atoms with Crippen LogP contribution in [-0.4, -0.2) is 12.7 Å². The minimum atomic E-state index is 0.457. The van der Waals surface area contributed by atoms with Crippen LogP contribution in [0.2, 0.25) is 0 Å². The van der Waals surface area contributed by atoms with E-state index in [1.807, 2.05) is 0 Å². The van der Waals surface area contributed by atoms with Crippen molar-refractivity contribution in [2.75, 3.05) is 6.61 Å². The van der Waals surface area contributed by atoms with Crippen LogP contribution in [0.15, 0.2) is 0 Å². The van der Waals surface area contributed by atoms with Crippen molar-refractivity contribution in [3.8, 4) is 0 Å². The van der Waals surface area contributed by atoms with Crippen molar-refractivity contribution in [1.29, 1.82) is 0 Å². The van der Waals surface area contributed by atoms with E-state index >= 15 is 0 Å². The van der Waals surface area contributed by atoms with E-state index in [9.17, 15) is 0 Å². The zero-order valence-electron chi connectivity index (χ0n) is 8.47. The topological polar surface area (TPSA) is 9.23 Å². The molecule has 0 heterocycles. The van der Waals surface area contributed by atoms with Crippen molar-refractivity contribution >= 4 is 0 Å². The van der Waals surface area contributed by atoms with Gasteiger partial charge in [-0.05, 0) is 43.4 Å². The van der Waals surface area contributed by atoms with Crippen LogP contribution in [0.3, 0.4) is 0 Å². The van der Waals surface area contributed by atoms with Gasteiger partial charge in [0.2, 0.25) is 0 Å². The first kappa shape index (κ1) is 8.55. The standard InChI is InChI=1S/C11H20O/c1-4-12-10-8-5-6-9(7-8)11(10,2)3/h8-10H,4-7H2,1-3H3. The molecule has 12 heavy (non-hydrogen) atoms. The molecule has 0 aromatic heterocycles. The summed E-state index contributed by atoms with van der Waals surface area (Å²) < 4.78 is 5.85. The van der Waals surface area contributed by atoms with Crippen LogP contribution in [0.4, 0.5) is 0 Å². The van der Waals surface area contributed by atoms with Gasteiger partial charge in [0.25, 0.3) is 0 Å². The van der Waals surface area contributed by atoms with Gasteiger partial charge in [-0.3, -0.25) is 0 Å². The van der Waals surface area contributed by atoms with Crippen molar-refractivity contribution in [2.24, 2.45) is 17.3 Å². The van der Waals surface area contributed by atoms with Gasteiger partial charge in [0, 0.05) is 6.61 Å². The highest BCUT2D eigenvalue weighted by Gasteiger charge is 2.53. The highest BCUT2D eigenvalue weighted by Crippen LogP contribution is 2.56. The number of hydrogen-bond donors (Lipinski definition) is 0. The van der Waals surface area contributed by atoms with Gasteiger partial charge in [-0.2, -0.15) is 0 Å². The Labute approximate surface area is 75.5 Å². The van der Waals surface area contributed by atoms with Gasteiger partial charge in [0.1, 0.15) is 0 Å². The molecular formula is C11H20O. The minimum absolute atomic E-state index is 0.457. The summed E-state index contributed by atoms with van der Waals surface area (Å²) in [5, 5.41) is 0. The van der Waals surface area contributed by atoms with Gasteiger partial charge in [-0.1, -0.05) is 13.8 Å². The summed E-state index contributed by atoms with van der Waals surface area (Å²) in [5.74, 6) is 1.82. The molecule has 0 aromatic carbocycles. The van der Waals surface area contributed by atoms with Crippen LogP contribution in [0.5, 0.6) is 0 Å². The Morgan fingerprint density at radius 1 is 1.33 bits per heavy atom. The molecule has 2 aliphatic carbocycles. The Morgan fingerprint density at radius 3 is 2.58 bits per heavy atom. The molecule has 70 valence electrons. The quantitative estimate of drug-likeness (QED) is 0.616. The molecule has 2 fully saturated rings. The van der Waals surface area contributed by atoms with Gasteiger partial charge in [-0.15, -0.1) is 0 Å². The summed E-state index contributed by atoms with van der Waals surface area (Å²) in [6, 6.07) is 0. The molecule has 2 bridgehead atoms. The lowest BCUT2D eigenvalue weighted by atomic mass is 9.74. The summed E-state index contributed by atoms with van der Waals surface area (Å²) >= 11 is 0. The van der Waals surface area contributed by atoms with Crippen LogP contribution >= 0.6 is 0 Å². The summed E-state index contributed by atoms with van der Waals surface area (Å²) in [5.41, 5.74) is 0.457. The largest absolute Gasteiger partial charge is 0.378 e. The second-order valence-corrected chi connectivity index (χ2v) is 4.97. The maximum Gasteiger partial charge on any atom is 0.0656 e. The predicted molar refractivity (Wildman–Crippen MR) is 50.0 cm³/mol. The Morgan fingerprint density at radius 2 is 2.08 bits per heavy atom. The zero-order chi connectivity index (χ0) is 8.77. The molecule has 1 nitrogen and oxygen atoms in total. The van der Waals surface area contributed by atoms with Crippen LogP contribution in [0.1, 0.15) is 40.0 Å². The molecule has 2 saturated carbocycles. The summed E-state index contributed by atoms with van der Waals surface area (Å²) in [6.45, 7) is 7.77. The maximum absolute atomic E-state index is 5.85. The van der Waals surface area contributed by atoms with Crippen molar-refractivity contribution in [2.45, 2.75) is 46.1 Å². The second-order valence-electron chi connectivity index (χ2n) is 4.97. The first-order valence-electron chi connectivity index (χ1n) is 5.28. The fourth-order valence-corrected chi connectivity index (χ4v) is 3.34. The average Bonchev–Trinajstić information content (AvgIpc) is 2.53. The van der Waals surface area contributed by atoms with E-state index in [0.717, 1.165) is 18.4 Å². The van der Waals surface area contributed by atoms with Crippen LogP contribution in [0, 0.1) is 17.3 Å². The molecular weight excluding hydrogens is 148 g/mol. The molecule has 0 aromatic rings. The summed E-state index contributed by atoms with van der Waals surface area (Å²) in [6.07, 6.45) is 4.85. The van der Waals surface area contributed by atoms with E-state index in [2.05, 4.69) is 20.8 Å². The normalized spacial score (nSPS) is 43.8. The van der Waals surface area contributed by atoms with E-state index < -0.39 is 0 Å². The van der Waals surface area contributed by atoms with E-state index in [1.165, 1.54) is 19.3 Å². The van der Waals surface area contributed by atoms with Crippen molar-refractivity contribution < 1.29 is 4.74 Å². The third-order valence-corrected chi connectivity index (χ3v) is 4.03. The molecule has 1 heteroatoms. The Bertz CT molecular complexity index is 174. The molecule has 0 amide bonds. The highest BCUT2D eigenvalue weighted by atomic mass is 16.5. The van der Waals surface area contributed by atoms with Gasteiger partial charge >= 0.3 is 0 Å². The Kier molecular flexibility index (Phi) is 1.95. The highest BCUT2D eigenvalue weighted by molar-refractivity contribution is 5.02. The van der Waals surface area contributed by atoms with E-state index in [1.54, 1.807) is 0 Å². The molecule has 0 radical (unpaired) electrons.